The second-order valence-electron chi connectivity index (χ2n) is 9.67. The van der Waals surface area contributed by atoms with Crippen LogP contribution in [0.2, 0.25) is 0 Å². The molecule has 1 aliphatic carbocycles. The standard InChI is InChI=1S/C26H31N3O2S/c1-15-8-9-17(3)21(12-15)29-23(25(30)27-19-7-5-6-16(2)18(19)4)14-28-20-10-11-32-24(20)13-22(28)26(29)31/h8-13,16,18-19,23H,5-7,14H2,1-4H3,(H,27,30). The summed E-state index contributed by atoms with van der Waals surface area (Å²) in [6.07, 6.45) is 3.36. The Hall–Kier alpha value is -2.60. The van der Waals surface area contributed by atoms with Crippen LogP contribution in [0, 0.1) is 25.7 Å². The Bertz CT molecular complexity index is 1190. The van der Waals surface area contributed by atoms with Gasteiger partial charge in [-0.25, -0.2) is 0 Å². The van der Waals surface area contributed by atoms with Gasteiger partial charge in [0.2, 0.25) is 5.91 Å². The van der Waals surface area contributed by atoms with E-state index in [1.54, 1.807) is 16.2 Å². The van der Waals surface area contributed by atoms with Crippen molar-refractivity contribution < 1.29 is 9.59 Å². The Morgan fingerprint density at radius 2 is 1.94 bits per heavy atom. The Kier molecular flexibility index (Phi) is 5.36. The van der Waals surface area contributed by atoms with Gasteiger partial charge in [0.25, 0.3) is 5.91 Å². The van der Waals surface area contributed by atoms with E-state index in [4.69, 9.17) is 0 Å². The zero-order valence-corrected chi connectivity index (χ0v) is 20.0. The highest BCUT2D eigenvalue weighted by Gasteiger charge is 2.41. The van der Waals surface area contributed by atoms with Crippen molar-refractivity contribution in [2.75, 3.05) is 4.90 Å². The van der Waals surface area contributed by atoms with Crippen LogP contribution in [0.4, 0.5) is 5.69 Å². The van der Waals surface area contributed by atoms with Gasteiger partial charge in [-0.05, 0) is 66.8 Å². The molecule has 5 rings (SSSR count). The third-order valence-electron chi connectivity index (χ3n) is 7.59. The van der Waals surface area contributed by atoms with Crippen molar-refractivity contribution in [2.45, 2.75) is 65.6 Å². The van der Waals surface area contributed by atoms with Gasteiger partial charge in [-0.2, -0.15) is 0 Å². The number of carbonyl (C=O) groups is 2. The average molecular weight is 450 g/mol. The van der Waals surface area contributed by atoms with E-state index >= 15 is 0 Å². The van der Waals surface area contributed by atoms with Gasteiger partial charge in [0.15, 0.2) is 0 Å². The molecule has 2 aliphatic rings. The third-order valence-corrected chi connectivity index (χ3v) is 8.44. The van der Waals surface area contributed by atoms with Gasteiger partial charge >= 0.3 is 0 Å². The van der Waals surface area contributed by atoms with E-state index in [-0.39, 0.29) is 17.9 Å². The van der Waals surface area contributed by atoms with Crippen LogP contribution >= 0.6 is 11.3 Å². The lowest BCUT2D eigenvalue weighted by Gasteiger charge is -2.39. The number of anilines is 1. The van der Waals surface area contributed by atoms with Crippen LogP contribution in [-0.4, -0.2) is 28.5 Å². The van der Waals surface area contributed by atoms with Crippen molar-refractivity contribution in [1.82, 2.24) is 9.88 Å². The number of aromatic nitrogens is 1. The van der Waals surface area contributed by atoms with Crippen molar-refractivity contribution in [1.29, 1.82) is 0 Å². The minimum absolute atomic E-state index is 0.0482. The Morgan fingerprint density at radius 3 is 2.75 bits per heavy atom. The smallest absolute Gasteiger partial charge is 0.275 e. The topological polar surface area (TPSA) is 54.3 Å². The zero-order chi connectivity index (χ0) is 22.6. The molecule has 5 nitrogen and oxygen atoms in total. The number of fused-ring (bicyclic) bond motifs is 3. The van der Waals surface area contributed by atoms with Gasteiger partial charge in [0.1, 0.15) is 11.7 Å². The van der Waals surface area contributed by atoms with Crippen LogP contribution in [0.15, 0.2) is 35.7 Å². The lowest BCUT2D eigenvalue weighted by atomic mass is 9.78. The number of hydrogen-bond acceptors (Lipinski definition) is 3. The molecule has 0 radical (unpaired) electrons. The average Bonchev–Trinajstić information content (AvgIpc) is 3.35. The summed E-state index contributed by atoms with van der Waals surface area (Å²) < 4.78 is 3.12. The molecule has 1 aromatic carbocycles. The summed E-state index contributed by atoms with van der Waals surface area (Å²) in [6.45, 7) is 9.01. The molecule has 4 atom stereocenters. The maximum atomic E-state index is 13.8. The fourth-order valence-corrected chi connectivity index (χ4v) is 6.21. The number of aryl methyl sites for hydroxylation is 2. The number of rotatable bonds is 3. The molecule has 2 amide bonds. The third kappa shape index (κ3) is 3.45. The quantitative estimate of drug-likeness (QED) is 0.591. The molecule has 6 heteroatoms. The highest BCUT2D eigenvalue weighted by molar-refractivity contribution is 7.17. The van der Waals surface area contributed by atoms with Crippen LogP contribution in [0.3, 0.4) is 0 Å². The van der Waals surface area contributed by atoms with Gasteiger partial charge in [-0.1, -0.05) is 38.8 Å². The van der Waals surface area contributed by atoms with Gasteiger partial charge in [-0.3, -0.25) is 14.5 Å². The second-order valence-corrected chi connectivity index (χ2v) is 10.6. The van der Waals surface area contributed by atoms with Gasteiger partial charge in [-0.15, -0.1) is 11.3 Å². The maximum Gasteiger partial charge on any atom is 0.275 e. The largest absolute Gasteiger partial charge is 0.351 e. The number of amides is 2. The molecule has 2 aromatic heterocycles. The minimum Gasteiger partial charge on any atom is -0.351 e. The zero-order valence-electron chi connectivity index (χ0n) is 19.2. The summed E-state index contributed by atoms with van der Waals surface area (Å²) in [7, 11) is 0. The number of hydrogen-bond donors (Lipinski definition) is 1. The van der Waals surface area contributed by atoms with Gasteiger partial charge in [0, 0.05) is 11.7 Å². The first-order chi connectivity index (χ1) is 15.3. The molecular formula is C26H31N3O2S. The normalized spacial score (nSPS) is 25.8. The lowest BCUT2D eigenvalue weighted by molar-refractivity contribution is -0.124. The van der Waals surface area contributed by atoms with Crippen LogP contribution in [0.25, 0.3) is 10.2 Å². The molecule has 0 saturated heterocycles. The Morgan fingerprint density at radius 1 is 1.12 bits per heavy atom. The Balaban J connectivity index is 1.56. The SMILES string of the molecule is Cc1ccc(C)c(N2C(=O)c3cc4sccc4n3CC2C(=O)NC2CCCC(C)C2C)c1. The van der Waals surface area contributed by atoms with E-state index in [1.165, 1.54) is 6.42 Å². The van der Waals surface area contributed by atoms with E-state index in [1.807, 2.05) is 54.1 Å². The van der Waals surface area contributed by atoms with Gasteiger partial charge in [0.05, 0.1) is 16.8 Å². The van der Waals surface area contributed by atoms with Crippen molar-refractivity contribution in [3.8, 4) is 0 Å². The summed E-state index contributed by atoms with van der Waals surface area (Å²) in [4.78, 5) is 29.3. The predicted octanol–water partition coefficient (Wildman–Crippen LogP) is 5.29. The number of nitrogens with zero attached hydrogens (tertiary/aromatic N) is 2. The summed E-state index contributed by atoms with van der Waals surface area (Å²) >= 11 is 1.63. The van der Waals surface area contributed by atoms with Crippen molar-refractivity contribution in [3.63, 3.8) is 0 Å². The number of benzene rings is 1. The van der Waals surface area contributed by atoms with Crippen LogP contribution < -0.4 is 10.2 Å². The molecular weight excluding hydrogens is 418 g/mol. The summed E-state index contributed by atoms with van der Waals surface area (Å²) in [5, 5.41) is 5.39. The second kappa shape index (κ2) is 8.07. The van der Waals surface area contributed by atoms with E-state index in [9.17, 15) is 9.59 Å². The number of nitrogens with one attached hydrogen (secondary N) is 1. The molecule has 3 heterocycles. The van der Waals surface area contributed by atoms with E-state index in [2.05, 4.69) is 19.2 Å². The molecule has 1 saturated carbocycles. The summed E-state index contributed by atoms with van der Waals surface area (Å²) in [6, 6.07) is 9.71. The highest BCUT2D eigenvalue weighted by Crippen LogP contribution is 2.35. The monoisotopic (exact) mass is 449 g/mol. The summed E-state index contributed by atoms with van der Waals surface area (Å²) in [5.41, 5.74) is 4.61. The predicted molar refractivity (Wildman–Crippen MR) is 130 cm³/mol. The fourth-order valence-electron chi connectivity index (χ4n) is 5.39. The van der Waals surface area contributed by atoms with Crippen molar-refractivity contribution >= 4 is 39.1 Å². The molecule has 32 heavy (non-hydrogen) atoms. The van der Waals surface area contributed by atoms with Crippen molar-refractivity contribution in [3.05, 3.63) is 52.5 Å². The molecule has 0 bridgehead atoms. The number of thiophene rings is 1. The molecule has 168 valence electrons. The molecule has 4 unspecified atom stereocenters. The molecule has 1 N–H and O–H groups in total. The summed E-state index contributed by atoms with van der Waals surface area (Å²) in [5.74, 6) is 0.886. The molecule has 1 aliphatic heterocycles. The first-order valence-corrected chi connectivity index (χ1v) is 12.5. The van der Waals surface area contributed by atoms with Crippen molar-refractivity contribution in [2.24, 2.45) is 11.8 Å². The maximum absolute atomic E-state index is 13.8. The number of carbonyl (C=O) groups excluding carboxylic acids is 2. The van der Waals surface area contributed by atoms with E-state index < -0.39 is 6.04 Å². The molecule has 1 fully saturated rings. The minimum atomic E-state index is -0.574. The Labute approximate surface area is 193 Å². The van der Waals surface area contributed by atoms with Crippen LogP contribution in [-0.2, 0) is 11.3 Å². The molecule has 0 spiro atoms. The first kappa shape index (κ1) is 21.3. The van der Waals surface area contributed by atoms with Crippen LogP contribution in [0.1, 0.15) is 54.7 Å². The fraction of sp³-hybridized carbons (Fsp3) is 0.462. The lowest BCUT2D eigenvalue weighted by Crippen LogP contribution is -2.58. The highest BCUT2D eigenvalue weighted by atomic mass is 32.1. The van der Waals surface area contributed by atoms with Crippen LogP contribution in [0.5, 0.6) is 0 Å². The first-order valence-electron chi connectivity index (χ1n) is 11.6. The van der Waals surface area contributed by atoms with E-state index in [0.717, 1.165) is 39.9 Å². The van der Waals surface area contributed by atoms with Gasteiger partial charge < -0.3 is 9.88 Å². The molecule has 3 aromatic rings. The van der Waals surface area contributed by atoms with E-state index in [0.29, 0.717) is 24.1 Å².